The molecule has 7 heteroatoms. The molecule has 6 nitrogen and oxygen atoms in total. The largest absolute Gasteiger partial charge is 0.478 e. The minimum absolute atomic E-state index is 0.0853. The highest BCUT2D eigenvalue weighted by Crippen LogP contribution is 2.26. The van der Waals surface area contributed by atoms with Gasteiger partial charge in [0.25, 0.3) is 0 Å². The van der Waals surface area contributed by atoms with E-state index in [9.17, 15) is 9.59 Å². The molecular formula is C8H6ClNO5. The summed E-state index contributed by atoms with van der Waals surface area (Å²) >= 11 is 5.52. The summed E-state index contributed by atoms with van der Waals surface area (Å²) in [7, 11) is 0. The molecule has 0 unspecified atom stereocenters. The van der Waals surface area contributed by atoms with Gasteiger partial charge in [0.2, 0.25) is 12.0 Å². The number of rotatable bonds is 2. The Bertz CT molecular complexity index is 415. The van der Waals surface area contributed by atoms with Gasteiger partial charge >= 0.3 is 12.1 Å². The number of carboxylic acids is 1. The second-order valence-electron chi connectivity index (χ2n) is 2.90. The molecule has 1 aliphatic heterocycles. The summed E-state index contributed by atoms with van der Waals surface area (Å²) in [4.78, 5) is 22.9. The van der Waals surface area contributed by atoms with E-state index in [0.717, 1.165) is 4.90 Å². The standard InChI is InChI=1S/C8H6ClNO5/c9-5-1-2-6(15-5)10-3-4(7(11)12)14-8(10)13/h1-2,4H,3H2,(H,11,12)/t4-/m1/s1. The van der Waals surface area contributed by atoms with Gasteiger partial charge in [-0.2, -0.15) is 0 Å². The van der Waals surface area contributed by atoms with Crippen LogP contribution in [-0.2, 0) is 9.53 Å². The maximum absolute atomic E-state index is 11.2. The van der Waals surface area contributed by atoms with Crippen LogP contribution in [0.5, 0.6) is 0 Å². The Hall–Kier alpha value is -1.69. The molecule has 0 radical (unpaired) electrons. The van der Waals surface area contributed by atoms with Crippen LogP contribution in [0.1, 0.15) is 0 Å². The number of carbonyl (C=O) groups is 2. The van der Waals surface area contributed by atoms with Crippen LogP contribution in [0.4, 0.5) is 10.7 Å². The van der Waals surface area contributed by atoms with Crippen molar-refractivity contribution in [2.75, 3.05) is 11.4 Å². The Morgan fingerprint density at radius 2 is 2.33 bits per heavy atom. The number of amides is 1. The highest BCUT2D eigenvalue weighted by Gasteiger charge is 2.38. The maximum Gasteiger partial charge on any atom is 0.417 e. The van der Waals surface area contributed by atoms with Crippen molar-refractivity contribution in [2.45, 2.75) is 6.10 Å². The predicted octanol–water partition coefficient (Wildman–Crippen LogP) is 1.34. The summed E-state index contributed by atoms with van der Waals surface area (Å²) in [5.41, 5.74) is 0. The Morgan fingerprint density at radius 1 is 1.60 bits per heavy atom. The van der Waals surface area contributed by atoms with E-state index in [-0.39, 0.29) is 17.6 Å². The molecule has 0 aromatic carbocycles. The molecule has 1 aromatic rings. The lowest BCUT2D eigenvalue weighted by Gasteiger charge is -2.06. The average Bonchev–Trinajstić information content (AvgIpc) is 2.71. The number of hydrogen-bond donors (Lipinski definition) is 1. The second-order valence-corrected chi connectivity index (χ2v) is 3.27. The summed E-state index contributed by atoms with van der Waals surface area (Å²) in [6.45, 7) is -0.0853. The van der Waals surface area contributed by atoms with E-state index >= 15 is 0 Å². The summed E-state index contributed by atoms with van der Waals surface area (Å²) in [5, 5.41) is 8.76. The van der Waals surface area contributed by atoms with Crippen molar-refractivity contribution in [3.63, 3.8) is 0 Å². The zero-order valence-corrected chi connectivity index (χ0v) is 8.10. The van der Waals surface area contributed by atoms with Crippen molar-refractivity contribution in [1.29, 1.82) is 0 Å². The first kappa shape index (κ1) is 9.85. The van der Waals surface area contributed by atoms with Crippen molar-refractivity contribution >= 4 is 29.5 Å². The lowest BCUT2D eigenvalue weighted by Crippen LogP contribution is -2.27. The van der Waals surface area contributed by atoms with Crippen LogP contribution in [0.2, 0.25) is 5.22 Å². The van der Waals surface area contributed by atoms with Gasteiger partial charge < -0.3 is 14.3 Å². The number of aliphatic carboxylic acids is 1. The van der Waals surface area contributed by atoms with Crippen molar-refractivity contribution in [2.24, 2.45) is 0 Å². The normalized spacial score (nSPS) is 20.5. The van der Waals surface area contributed by atoms with Gasteiger partial charge in [-0.15, -0.1) is 0 Å². The van der Waals surface area contributed by atoms with Crippen molar-refractivity contribution in [3.05, 3.63) is 17.4 Å². The summed E-state index contributed by atoms with van der Waals surface area (Å²) in [6.07, 6.45) is -1.92. The Balaban J connectivity index is 2.18. The summed E-state index contributed by atoms with van der Waals surface area (Å²) in [5.74, 6) is -1.02. The van der Waals surface area contributed by atoms with E-state index in [1.54, 1.807) is 0 Å². The van der Waals surface area contributed by atoms with Crippen LogP contribution in [-0.4, -0.2) is 29.8 Å². The van der Waals surface area contributed by atoms with Gasteiger partial charge in [-0.3, -0.25) is 0 Å². The molecule has 0 bridgehead atoms. The van der Waals surface area contributed by atoms with Gasteiger partial charge in [0, 0.05) is 6.07 Å². The van der Waals surface area contributed by atoms with E-state index in [2.05, 4.69) is 4.74 Å². The molecule has 1 saturated heterocycles. The van der Waals surface area contributed by atoms with Gasteiger partial charge in [-0.05, 0) is 17.7 Å². The van der Waals surface area contributed by atoms with Crippen LogP contribution in [0.25, 0.3) is 0 Å². The molecule has 80 valence electrons. The van der Waals surface area contributed by atoms with E-state index in [1.807, 2.05) is 0 Å². The molecule has 2 rings (SSSR count). The molecule has 0 saturated carbocycles. The van der Waals surface area contributed by atoms with Crippen LogP contribution in [0, 0.1) is 0 Å². The lowest BCUT2D eigenvalue weighted by molar-refractivity contribution is -0.144. The zero-order chi connectivity index (χ0) is 11.0. The van der Waals surface area contributed by atoms with E-state index in [1.165, 1.54) is 12.1 Å². The number of ether oxygens (including phenoxy) is 1. The number of carbonyl (C=O) groups excluding carboxylic acids is 1. The second kappa shape index (κ2) is 3.47. The SMILES string of the molecule is O=C(O)[C@H]1CN(c2ccc(Cl)o2)C(=O)O1. The fraction of sp³-hybridized carbons (Fsp3) is 0.250. The van der Waals surface area contributed by atoms with Crippen LogP contribution < -0.4 is 4.90 Å². The molecular weight excluding hydrogens is 226 g/mol. The third kappa shape index (κ3) is 1.75. The van der Waals surface area contributed by atoms with Gasteiger partial charge in [-0.25, -0.2) is 14.5 Å². The van der Waals surface area contributed by atoms with Crippen molar-refractivity contribution < 1.29 is 23.8 Å². The van der Waals surface area contributed by atoms with Gasteiger partial charge in [-0.1, -0.05) is 0 Å². The molecule has 1 aromatic heterocycles. The number of anilines is 1. The predicted molar refractivity (Wildman–Crippen MR) is 49.0 cm³/mol. The molecule has 1 N–H and O–H groups in total. The van der Waals surface area contributed by atoms with Gasteiger partial charge in [0.15, 0.2) is 5.22 Å². The number of halogens is 1. The third-order valence-corrected chi connectivity index (χ3v) is 2.12. The smallest absolute Gasteiger partial charge is 0.417 e. The van der Waals surface area contributed by atoms with E-state index in [4.69, 9.17) is 21.1 Å². The highest BCUT2D eigenvalue weighted by atomic mass is 35.5. The molecule has 0 spiro atoms. The first-order valence-corrected chi connectivity index (χ1v) is 4.42. The Kier molecular flexibility index (Phi) is 2.28. The molecule has 15 heavy (non-hydrogen) atoms. The van der Waals surface area contributed by atoms with E-state index in [0.29, 0.717) is 0 Å². The maximum atomic E-state index is 11.2. The molecule has 1 atom stereocenters. The fourth-order valence-corrected chi connectivity index (χ4v) is 1.36. The quantitative estimate of drug-likeness (QED) is 0.831. The van der Waals surface area contributed by atoms with Gasteiger partial charge in [0.05, 0.1) is 6.54 Å². The lowest BCUT2D eigenvalue weighted by atomic mass is 10.3. The first-order valence-electron chi connectivity index (χ1n) is 4.04. The van der Waals surface area contributed by atoms with E-state index < -0.39 is 18.2 Å². The number of furan rings is 1. The third-order valence-electron chi connectivity index (χ3n) is 1.91. The van der Waals surface area contributed by atoms with Crippen molar-refractivity contribution in [1.82, 2.24) is 0 Å². The topological polar surface area (TPSA) is 80.0 Å². The molecule has 1 aliphatic rings. The monoisotopic (exact) mass is 231 g/mol. The zero-order valence-electron chi connectivity index (χ0n) is 7.34. The number of carboxylic acid groups (broad SMARTS) is 1. The Labute approximate surface area is 89.0 Å². The molecule has 1 amide bonds. The minimum atomic E-state index is -1.19. The van der Waals surface area contributed by atoms with Crippen LogP contribution >= 0.6 is 11.6 Å². The first-order chi connectivity index (χ1) is 7.08. The van der Waals surface area contributed by atoms with Gasteiger partial charge in [0.1, 0.15) is 0 Å². The number of cyclic esters (lactones) is 1. The van der Waals surface area contributed by atoms with Crippen LogP contribution in [0.3, 0.4) is 0 Å². The molecule has 1 fully saturated rings. The number of nitrogens with zero attached hydrogens (tertiary/aromatic N) is 1. The van der Waals surface area contributed by atoms with Crippen LogP contribution in [0.15, 0.2) is 16.5 Å². The summed E-state index contributed by atoms with van der Waals surface area (Å²) in [6, 6.07) is 2.92. The number of hydrogen-bond acceptors (Lipinski definition) is 4. The molecule has 2 heterocycles. The average molecular weight is 232 g/mol. The highest BCUT2D eigenvalue weighted by molar-refractivity contribution is 6.29. The summed E-state index contributed by atoms with van der Waals surface area (Å²) < 4.78 is 9.55. The Morgan fingerprint density at radius 3 is 2.80 bits per heavy atom. The minimum Gasteiger partial charge on any atom is -0.478 e. The van der Waals surface area contributed by atoms with Crippen molar-refractivity contribution in [3.8, 4) is 0 Å². The fourth-order valence-electron chi connectivity index (χ4n) is 1.22. The molecule has 0 aliphatic carbocycles.